The second kappa shape index (κ2) is 5.72. The number of halogens is 1. The average Bonchev–Trinajstić information content (AvgIpc) is 2.93. The van der Waals surface area contributed by atoms with E-state index in [1.165, 1.54) is 28.4 Å². The predicted molar refractivity (Wildman–Crippen MR) is 77.2 cm³/mol. The van der Waals surface area contributed by atoms with Crippen molar-refractivity contribution >= 4 is 15.9 Å². The Balaban J connectivity index is 1.79. The molecule has 1 N–H and O–H groups in total. The van der Waals surface area contributed by atoms with Gasteiger partial charge in [-0.15, -0.1) is 0 Å². The van der Waals surface area contributed by atoms with Crippen LogP contribution in [0.3, 0.4) is 0 Å². The van der Waals surface area contributed by atoms with E-state index in [0.29, 0.717) is 5.92 Å². The number of piperidine rings is 1. The molecule has 0 aromatic heterocycles. The van der Waals surface area contributed by atoms with Crippen LogP contribution in [0.25, 0.3) is 0 Å². The van der Waals surface area contributed by atoms with Crippen LogP contribution in [0.1, 0.15) is 42.2 Å². The van der Waals surface area contributed by atoms with E-state index in [-0.39, 0.29) is 0 Å². The molecule has 2 aliphatic heterocycles. The van der Waals surface area contributed by atoms with Crippen molar-refractivity contribution in [2.45, 2.75) is 31.1 Å². The van der Waals surface area contributed by atoms with Crippen molar-refractivity contribution in [2.75, 3.05) is 26.3 Å². The number of nitrogens with one attached hydrogen (secondary N) is 1. The van der Waals surface area contributed by atoms with Crippen LogP contribution in [0.4, 0.5) is 0 Å². The summed E-state index contributed by atoms with van der Waals surface area (Å²) in [5.74, 6) is 1.32. The number of benzene rings is 1. The molecule has 1 aromatic rings. The molecule has 2 saturated heterocycles. The van der Waals surface area contributed by atoms with Crippen LogP contribution in [0.15, 0.2) is 22.7 Å². The minimum atomic E-state index is 0.585. The summed E-state index contributed by atoms with van der Waals surface area (Å²) in [4.78, 5) is 0. The molecule has 3 heteroatoms. The zero-order valence-corrected chi connectivity index (χ0v) is 12.2. The van der Waals surface area contributed by atoms with Gasteiger partial charge in [0.2, 0.25) is 0 Å². The predicted octanol–water partition coefficient (Wildman–Crippen LogP) is 3.42. The summed E-state index contributed by atoms with van der Waals surface area (Å²) in [6.45, 7) is 4.10. The molecule has 0 radical (unpaired) electrons. The van der Waals surface area contributed by atoms with Gasteiger partial charge in [0.15, 0.2) is 0 Å². The molecule has 1 aromatic carbocycles. The average molecular weight is 310 g/mol. The number of rotatable bonds is 2. The highest BCUT2D eigenvalue weighted by Gasteiger charge is 2.21. The van der Waals surface area contributed by atoms with Crippen molar-refractivity contribution in [3.8, 4) is 0 Å². The molecule has 0 spiro atoms. The topological polar surface area (TPSA) is 21.3 Å². The Morgan fingerprint density at radius 3 is 2.61 bits per heavy atom. The molecule has 98 valence electrons. The quantitative estimate of drug-likeness (QED) is 0.904. The van der Waals surface area contributed by atoms with E-state index in [1.807, 2.05) is 0 Å². The molecular formula is C15H20BrNO. The van der Waals surface area contributed by atoms with E-state index < -0.39 is 0 Å². The van der Waals surface area contributed by atoms with E-state index >= 15 is 0 Å². The first-order chi connectivity index (χ1) is 8.84. The third-order valence-electron chi connectivity index (χ3n) is 4.20. The number of ether oxygens (including phenoxy) is 1. The number of hydrogen-bond donors (Lipinski definition) is 1. The first kappa shape index (κ1) is 12.6. The minimum Gasteiger partial charge on any atom is -0.381 e. The molecular weight excluding hydrogens is 290 g/mol. The maximum Gasteiger partial charge on any atom is 0.0535 e. The molecule has 18 heavy (non-hydrogen) atoms. The molecule has 1 atom stereocenters. The Morgan fingerprint density at radius 2 is 1.94 bits per heavy atom. The van der Waals surface area contributed by atoms with Crippen LogP contribution in [0.5, 0.6) is 0 Å². The van der Waals surface area contributed by atoms with Crippen LogP contribution in [0.2, 0.25) is 0 Å². The lowest BCUT2D eigenvalue weighted by Crippen LogP contribution is -2.26. The normalized spacial score (nSPS) is 25.5. The van der Waals surface area contributed by atoms with Crippen LogP contribution < -0.4 is 5.32 Å². The van der Waals surface area contributed by atoms with Crippen molar-refractivity contribution in [3.63, 3.8) is 0 Å². The van der Waals surface area contributed by atoms with E-state index in [9.17, 15) is 0 Å². The molecule has 2 fully saturated rings. The highest BCUT2D eigenvalue weighted by molar-refractivity contribution is 9.10. The first-order valence-electron chi connectivity index (χ1n) is 6.92. The maximum absolute atomic E-state index is 5.48. The highest BCUT2D eigenvalue weighted by atomic mass is 79.9. The Labute approximate surface area is 117 Å². The summed E-state index contributed by atoms with van der Waals surface area (Å²) in [6.07, 6.45) is 3.68. The van der Waals surface area contributed by atoms with E-state index in [0.717, 1.165) is 38.6 Å². The van der Waals surface area contributed by atoms with Gasteiger partial charge in [-0.05, 0) is 55.5 Å². The van der Waals surface area contributed by atoms with Crippen molar-refractivity contribution in [3.05, 3.63) is 33.8 Å². The Bertz CT molecular complexity index is 409. The molecule has 2 nitrogen and oxygen atoms in total. The van der Waals surface area contributed by atoms with E-state index in [4.69, 9.17) is 4.74 Å². The van der Waals surface area contributed by atoms with Crippen molar-refractivity contribution in [1.29, 1.82) is 0 Å². The second-order valence-electron chi connectivity index (χ2n) is 5.37. The number of hydrogen-bond acceptors (Lipinski definition) is 2. The smallest absolute Gasteiger partial charge is 0.0535 e. The van der Waals surface area contributed by atoms with Gasteiger partial charge in [-0.25, -0.2) is 0 Å². The zero-order chi connectivity index (χ0) is 12.4. The summed E-state index contributed by atoms with van der Waals surface area (Å²) in [6, 6.07) is 6.97. The molecule has 0 amide bonds. The Hall–Kier alpha value is -0.380. The molecule has 2 aliphatic rings. The zero-order valence-electron chi connectivity index (χ0n) is 10.6. The fourth-order valence-electron chi connectivity index (χ4n) is 3.06. The molecule has 0 aliphatic carbocycles. The third-order valence-corrected chi connectivity index (χ3v) is 4.89. The van der Waals surface area contributed by atoms with Crippen LogP contribution in [-0.4, -0.2) is 26.3 Å². The van der Waals surface area contributed by atoms with Gasteiger partial charge in [-0.3, -0.25) is 0 Å². The van der Waals surface area contributed by atoms with Gasteiger partial charge in [-0.2, -0.15) is 0 Å². The standard InChI is InChI=1S/C15H20BrNO/c16-15-9-12(11-3-6-17-7-4-11)1-2-14(15)13-5-8-18-10-13/h1-2,9,11,13,17H,3-8,10H2. The van der Waals surface area contributed by atoms with E-state index in [2.05, 4.69) is 39.4 Å². The van der Waals surface area contributed by atoms with Crippen molar-refractivity contribution < 1.29 is 4.74 Å². The lowest BCUT2D eigenvalue weighted by atomic mass is 9.88. The van der Waals surface area contributed by atoms with E-state index in [1.54, 1.807) is 0 Å². The minimum absolute atomic E-state index is 0.585. The molecule has 1 unspecified atom stereocenters. The van der Waals surface area contributed by atoms with Gasteiger partial charge in [0.1, 0.15) is 0 Å². The second-order valence-corrected chi connectivity index (χ2v) is 6.22. The summed E-state index contributed by atoms with van der Waals surface area (Å²) in [5, 5.41) is 3.43. The maximum atomic E-state index is 5.48. The molecule has 2 heterocycles. The first-order valence-corrected chi connectivity index (χ1v) is 7.71. The summed E-state index contributed by atoms with van der Waals surface area (Å²) in [5.41, 5.74) is 2.91. The lowest BCUT2D eigenvalue weighted by molar-refractivity contribution is 0.194. The largest absolute Gasteiger partial charge is 0.381 e. The third kappa shape index (κ3) is 2.63. The van der Waals surface area contributed by atoms with Crippen molar-refractivity contribution in [2.24, 2.45) is 0 Å². The monoisotopic (exact) mass is 309 g/mol. The fourth-order valence-corrected chi connectivity index (χ4v) is 3.78. The van der Waals surface area contributed by atoms with Gasteiger partial charge in [-0.1, -0.05) is 28.1 Å². The molecule has 0 bridgehead atoms. The van der Waals surface area contributed by atoms with Crippen LogP contribution in [0, 0.1) is 0 Å². The summed E-state index contributed by atoms with van der Waals surface area (Å²) < 4.78 is 6.76. The van der Waals surface area contributed by atoms with Crippen molar-refractivity contribution in [1.82, 2.24) is 5.32 Å². The van der Waals surface area contributed by atoms with Crippen LogP contribution >= 0.6 is 15.9 Å². The molecule has 0 saturated carbocycles. The van der Waals surface area contributed by atoms with Gasteiger partial charge < -0.3 is 10.1 Å². The van der Waals surface area contributed by atoms with Crippen LogP contribution in [-0.2, 0) is 4.74 Å². The highest BCUT2D eigenvalue weighted by Crippen LogP contribution is 2.34. The fraction of sp³-hybridized carbons (Fsp3) is 0.600. The molecule has 3 rings (SSSR count). The van der Waals surface area contributed by atoms with Gasteiger partial charge >= 0.3 is 0 Å². The lowest BCUT2D eigenvalue weighted by Gasteiger charge is -2.24. The Kier molecular flexibility index (Phi) is 4.02. The van der Waals surface area contributed by atoms with Gasteiger partial charge in [0.05, 0.1) is 6.61 Å². The Morgan fingerprint density at radius 1 is 1.11 bits per heavy atom. The van der Waals surface area contributed by atoms with Gasteiger partial charge in [0.25, 0.3) is 0 Å². The SMILES string of the molecule is Brc1cc(C2CCNCC2)ccc1C1CCOC1. The summed E-state index contributed by atoms with van der Waals surface area (Å²) in [7, 11) is 0. The van der Waals surface area contributed by atoms with Gasteiger partial charge in [0, 0.05) is 17.0 Å². The summed E-state index contributed by atoms with van der Waals surface area (Å²) >= 11 is 3.75.